The van der Waals surface area contributed by atoms with Crippen LogP contribution in [0.25, 0.3) is 11.3 Å². The zero-order valence-electron chi connectivity index (χ0n) is 14.1. The molecule has 0 fully saturated rings. The van der Waals surface area contributed by atoms with Gasteiger partial charge in [-0.3, -0.25) is 10.1 Å². The van der Waals surface area contributed by atoms with Crippen LogP contribution in [0.15, 0.2) is 52.7 Å². The first kappa shape index (κ1) is 18.5. The third-order valence-corrected chi connectivity index (χ3v) is 5.19. The molecule has 0 aliphatic rings. The Labute approximate surface area is 158 Å². The van der Waals surface area contributed by atoms with Gasteiger partial charge in [-0.15, -0.1) is 23.1 Å². The fourth-order valence-corrected chi connectivity index (χ4v) is 3.82. The number of carbonyl (C=O) groups excluding carboxylic acids is 1. The molecule has 0 spiro atoms. The van der Waals surface area contributed by atoms with E-state index >= 15 is 0 Å². The molecule has 2 aromatic carbocycles. The van der Waals surface area contributed by atoms with Crippen LogP contribution >= 0.6 is 23.1 Å². The van der Waals surface area contributed by atoms with Crippen molar-refractivity contribution in [3.8, 4) is 11.3 Å². The van der Waals surface area contributed by atoms with Crippen LogP contribution in [-0.2, 0) is 0 Å². The van der Waals surface area contributed by atoms with Crippen LogP contribution in [0.2, 0.25) is 0 Å². The average Bonchev–Trinajstić information content (AvgIpc) is 3.03. The van der Waals surface area contributed by atoms with Crippen molar-refractivity contribution >= 4 is 34.1 Å². The number of carbonyl (C=O) groups is 1. The summed E-state index contributed by atoms with van der Waals surface area (Å²) in [4.78, 5) is 17.6. The summed E-state index contributed by atoms with van der Waals surface area (Å²) < 4.78 is 26.8. The van der Waals surface area contributed by atoms with E-state index in [2.05, 4.69) is 24.1 Å². The van der Waals surface area contributed by atoms with E-state index in [9.17, 15) is 13.6 Å². The summed E-state index contributed by atoms with van der Waals surface area (Å²) in [5, 5.41) is 5.15. The number of hydrogen-bond acceptors (Lipinski definition) is 4. The van der Waals surface area contributed by atoms with Gasteiger partial charge in [0.1, 0.15) is 11.6 Å². The number of benzene rings is 2. The van der Waals surface area contributed by atoms with Crippen molar-refractivity contribution in [1.82, 2.24) is 4.98 Å². The molecule has 0 aliphatic carbocycles. The van der Waals surface area contributed by atoms with Crippen molar-refractivity contribution in [1.29, 1.82) is 0 Å². The molecule has 0 unspecified atom stereocenters. The molecule has 3 aromatic rings. The Balaban J connectivity index is 1.71. The van der Waals surface area contributed by atoms with Crippen LogP contribution in [0.5, 0.6) is 0 Å². The number of nitrogens with zero attached hydrogens (tertiary/aromatic N) is 1. The molecule has 3 rings (SSSR count). The van der Waals surface area contributed by atoms with E-state index in [4.69, 9.17) is 0 Å². The minimum absolute atomic E-state index is 0.193. The number of halogens is 2. The number of nitrogens with one attached hydrogen (secondary N) is 1. The predicted molar refractivity (Wildman–Crippen MR) is 103 cm³/mol. The van der Waals surface area contributed by atoms with Gasteiger partial charge in [0.05, 0.1) is 5.69 Å². The van der Waals surface area contributed by atoms with Crippen molar-refractivity contribution in [3.05, 3.63) is 65.0 Å². The standard InChI is InChI=1S/C19H16F2N2OS2/c1-11(2)26-14-6-3-12(4-7-14)18(24)23-19-22-17(10-25-19)15-8-5-13(20)9-16(15)21/h3-11H,1-2H3,(H,22,23,24). The Morgan fingerprint density at radius 1 is 1.15 bits per heavy atom. The largest absolute Gasteiger partial charge is 0.298 e. The maximum atomic E-state index is 13.8. The van der Waals surface area contributed by atoms with Crippen molar-refractivity contribution < 1.29 is 13.6 Å². The fraction of sp³-hybridized carbons (Fsp3) is 0.158. The maximum absolute atomic E-state index is 13.8. The SMILES string of the molecule is CC(C)Sc1ccc(C(=O)Nc2nc(-c3ccc(F)cc3F)cs2)cc1. The summed E-state index contributed by atoms with van der Waals surface area (Å²) in [5.41, 5.74) is 1.06. The summed E-state index contributed by atoms with van der Waals surface area (Å²) in [5.74, 6) is -1.62. The average molecular weight is 390 g/mol. The fourth-order valence-electron chi connectivity index (χ4n) is 2.28. The third-order valence-electron chi connectivity index (χ3n) is 3.42. The Morgan fingerprint density at radius 3 is 2.54 bits per heavy atom. The second-order valence-corrected chi connectivity index (χ2v) is 8.32. The smallest absolute Gasteiger partial charge is 0.257 e. The molecule has 1 aromatic heterocycles. The molecule has 134 valence electrons. The van der Waals surface area contributed by atoms with Crippen LogP contribution < -0.4 is 5.32 Å². The molecule has 0 saturated carbocycles. The number of hydrogen-bond donors (Lipinski definition) is 1. The molecular weight excluding hydrogens is 374 g/mol. The van der Waals surface area contributed by atoms with Crippen molar-refractivity contribution in [3.63, 3.8) is 0 Å². The predicted octanol–water partition coefficient (Wildman–Crippen LogP) is 5.84. The molecule has 0 atom stereocenters. The monoisotopic (exact) mass is 390 g/mol. The Kier molecular flexibility index (Phi) is 5.68. The van der Waals surface area contributed by atoms with Crippen LogP contribution in [-0.4, -0.2) is 16.1 Å². The molecule has 0 aliphatic heterocycles. The van der Waals surface area contributed by atoms with Gasteiger partial charge in [0.25, 0.3) is 5.91 Å². The van der Waals surface area contributed by atoms with Crippen LogP contribution in [0.3, 0.4) is 0 Å². The molecule has 3 nitrogen and oxygen atoms in total. The van der Waals surface area contributed by atoms with E-state index in [1.165, 1.54) is 23.5 Å². The van der Waals surface area contributed by atoms with Crippen LogP contribution in [0.1, 0.15) is 24.2 Å². The Morgan fingerprint density at radius 2 is 1.88 bits per heavy atom. The highest BCUT2D eigenvalue weighted by Crippen LogP contribution is 2.28. The minimum atomic E-state index is -0.689. The maximum Gasteiger partial charge on any atom is 0.257 e. The minimum Gasteiger partial charge on any atom is -0.298 e. The van der Waals surface area contributed by atoms with Gasteiger partial charge < -0.3 is 0 Å². The lowest BCUT2D eigenvalue weighted by atomic mass is 10.1. The number of amides is 1. The molecule has 0 bridgehead atoms. The lowest BCUT2D eigenvalue weighted by Crippen LogP contribution is -2.11. The third kappa shape index (κ3) is 4.47. The van der Waals surface area contributed by atoms with Gasteiger partial charge in [0, 0.05) is 32.7 Å². The molecule has 26 heavy (non-hydrogen) atoms. The van der Waals surface area contributed by atoms with Gasteiger partial charge in [0.2, 0.25) is 0 Å². The van der Waals surface area contributed by atoms with Gasteiger partial charge in [-0.2, -0.15) is 0 Å². The zero-order valence-corrected chi connectivity index (χ0v) is 15.8. The molecule has 0 radical (unpaired) electrons. The summed E-state index contributed by atoms with van der Waals surface area (Å²) in [7, 11) is 0. The number of rotatable bonds is 5. The number of aromatic nitrogens is 1. The quantitative estimate of drug-likeness (QED) is 0.557. The first-order valence-corrected chi connectivity index (χ1v) is 9.67. The molecule has 7 heteroatoms. The second-order valence-electron chi connectivity index (χ2n) is 5.81. The Hall–Kier alpha value is -2.25. The molecule has 1 heterocycles. The highest BCUT2D eigenvalue weighted by Gasteiger charge is 2.13. The van der Waals surface area contributed by atoms with Gasteiger partial charge in [-0.25, -0.2) is 13.8 Å². The van der Waals surface area contributed by atoms with E-state index in [0.29, 0.717) is 21.6 Å². The van der Waals surface area contributed by atoms with Gasteiger partial charge in [-0.05, 0) is 36.4 Å². The van der Waals surface area contributed by atoms with Crippen molar-refractivity contribution in [2.45, 2.75) is 24.0 Å². The number of thioether (sulfide) groups is 1. The molecule has 1 amide bonds. The van der Waals surface area contributed by atoms with E-state index < -0.39 is 11.6 Å². The van der Waals surface area contributed by atoms with Crippen molar-refractivity contribution in [2.75, 3.05) is 5.32 Å². The lowest BCUT2D eigenvalue weighted by molar-refractivity contribution is 0.102. The first-order valence-electron chi connectivity index (χ1n) is 7.91. The van der Waals surface area contributed by atoms with Gasteiger partial charge in [-0.1, -0.05) is 13.8 Å². The summed E-state index contributed by atoms with van der Waals surface area (Å²) in [6.07, 6.45) is 0. The highest BCUT2D eigenvalue weighted by molar-refractivity contribution is 7.99. The number of thiazole rings is 1. The number of anilines is 1. The highest BCUT2D eigenvalue weighted by atomic mass is 32.2. The zero-order chi connectivity index (χ0) is 18.7. The summed E-state index contributed by atoms with van der Waals surface area (Å²) in [6, 6.07) is 10.6. The molecular formula is C19H16F2N2OS2. The summed E-state index contributed by atoms with van der Waals surface area (Å²) >= 11 is 2.91. The van der Waals surface area contributed by atoms with Crippen LogP contribution in [0, 0.1) is 11.6 Å². The molecule has 1 N–H and O–H groups in total. The normalized spacial score (nSPS) is 11.0. The van der Waals surface area contributed by atoms with E-state index in [1.54, 1.807) is 29.3 Å². The van der Waals surface area contributed by atoms with Crippen molar-refractivity contribution in [2.24, 2.45) is 0 Å². The van der Waals surface area contributed by atoms with E-state index in [1.807, 2.05) is 12.1 Å². The Bertz CT molecular complexity index is 924. The first-order chi connectivity index (χ1) is 12.4. The van der Waals surface area contributed by atoms with E-state index in [0.717, 1.165) is 11.0 Å². The summed E-state index contributed by atoms with van der Waals surface area (Å²) in [6.45, 7) is 4.21. The second kappa shape index (κ2) is 7.97. The van der Waals surface area contributed by atoms with Gasteiger partial charge in [0.15, 0.2) is 5.13 Å². The van der Waals surface area contributed by atoms with Gasteiger partial charge >= 0.3 is 0 Å². The van der Waals surface area contributed by atoms with Crippen LogP contribution in [0.4, 0.5) is 13.9 Å². The topological polar surface area (TPSA) is 42.0 Å². The lowest BCUT2D eigenvalue weighted by Gasteiger charge is -2.06. The van der Waals surface area contributed by atoms with E-state index in [-0.39, 0.29) is 11.5 Å². The molecule has 0 saturated heterocycles.